The monoisotopic (exact) mass is 934 g/mol. The average molecular weight is 935 g/mol. The number of nitro groups is 2. The summed E-state index contributed by atoms with van der Waals surface area (Å²) in [4.78, 5) is 85.6. The van der Waals surface area contributed by atoms with Crippen molar-refractivity contribution in [1.29, 1.82) is 0 Å². The highest BCUT2D eigenvalue weighted by atomic mass is 16.6. The molecule has 68 heavy (non-hydrogen) atoms. The summed E-state index contributed by atoms with van der Waals surface area (Å²) in [5.74, 6) is -4.03. The van der Waals surface area contributed by atoms with Gasteiger partial charge in [-0.3, -0.25) is 25.0 Å². The summed E-state index contributed by atoms with van der Waals surface area (Å²) < 4.78 is 11.0. The van der Waals surface area contributed by atoms with Gasteiger partial charge in [-0.1, -0.05) is 74.5 Å². The molecule has 0 spiro atoms. The smallest absolute Gasteiger partial charge is 0.339 e. The van der Waals surface area contributed by atoms with E-state index in [1.165, 1.54) is 60.7 Å². The van der Waals surface area contributed by atoms with Crippen LogP contribution in [-0.2, 0) is 32.0 Å². The summed E-state index contributed by atoms with van der Waals surface area (Å²) in [7, 11) is 0. The molecule has 19 nitrogen and oxygen atoms in total. The van der Waals surface area contributed by atoms with E-state index in [0.29, 0.717) is 43.1 Å². The zero-order chi connectivity index (χ0) is 50.1. The number of hydrogen-bond acceptors (Lipinski definition) is 12. The topological polar surface area (TPSA) is 308 Å². The van der Waals surface area contributed by atoms with E-state index in [2.05, 4.69) is 13.8 Å². The SMILES string of the molecule is CC(C)C1CCC(=O)CC1OCC(=O)O.O=C(O)C(=Cc1ccccc1)c1ccc([N+](=O)[O-])cc1.O=C(O)c1cccc([N+](=O)[O-])c1.O=C(O)c1cccc2c1Oc1c(cccc1C(=O)O)CC2. The van der Waals surface area contributed by atoms with Crippen LogP contribution in [0.4, 0.5) is 11.4 Å². The maximum Gasteiger partial charge on any atom is 0.339 e. The number of carbonyl (C=O) groups is 6. The molecule has 2 aliphatic rings. The molecule has 0 radical (unpaired) electrons. The maximum absolute atomic E-state index is 11.3. The second-order valence-corrected chi connectivity index (χ2v) is 15.4. The highest BCUT2D eigenvalue weighted by Crippen LogP contribution is 2.38. The number of Topliss-reactive ketones (excluding diaryl/α,β-unsaturated/α-hetero) is 1. The molecule has 7 rings (SSSR count). The van der Waals surface area contributed by atoms with Crippen LogP contribution in [0, 0.1) is 32.1 Å². The van der Waals surface area contributed by atoms with E-state index in [1.807, 2.05) is 6.07 Å². The minimum absolute atomic E-state index is 0.0422. The molecule has 1 aliphatic carbocycles. The minimum Gasteiger partial charge on any atom is -0.480 e. The Balaban J connectivity index is 0.000000202. The quantitative estimate of drug-likeness (QED) is 0.0337. The molecule has 354 valence electrons. The van der Waals surface area contributed by atoms with Crippen LogP contribution in [0.5, 0.6) is 11.5 Å². The van der Waals surface area contributed by atoms with Crippen LogP contribution in [0.3, 0.4) is 0 Å². The highest BCUT2D eigenvalue weighted by molar-refractivity contribution is 6.20. The summed E-state index contributed by atoms with van der Waals surface area (Å²) in [6, 6.07) is 29.2. The van der Waals surface area contributed by atoms with E-state index in [1.54, 1.807) is 48.5 Å². The highest BCUT2D eigenvalue weighted by Gasteiger charge is 2.32. The van der Waals surface area contributed by atoms with Crippen molar-refractivity contribution in [2.75, 3.05) is 6.61 Å². The molecule has 1 saturated carbocycles. The second-order valence-electron chi connectivity index (χ2n) is 15.4. The Labute approximate surface area is 387 Å². The number of nitrogens with zero attached hydrogens (tertiary/aromatic N) is 2. The van der Waals surface area contributed by atoms with E-state index in [0.717, 1.165) is 29.2 Å². The van der Waals surface area contributed by atoms with E-state index in [4.69, 9.17) is 19.7 Å². The molecule has 5 N–H and O–H groups in total. The molecule has 1 aliphatic heterocycles. The van der Waals surface area contributed by atoms with Gasteiger partial charge in [0, 0.05) is 37.1 Å². The van der Waals surface area contributed by atoms with Gasteiger partial charge in [0.2, 0.25) is 0 Å². The van der Waals surface area contributed by atoms with Crippen molar-refractivity contribution >= 4 is 58.7 Å². The van der Waals surface area contributed by atoms with Gasteiger partial charge >= 0.3 is 29.8 Å². The second kappa shape index (κ2) is 24.6. The summed E-state index contributed by atoms with van der Waals surface area (Å²) in [5, 5.41) is 65.6. The predicted molar refractivity (Wildman–Crippen MR) is 244 cm³/mol. The lowest BCUT2D eigenvalue weighted by Gasteiger charge is -2.33. The van der Waals surface area contributed by atoms with Crippen LogP contribution in [0.25, 0.3) is 11.6 Å². The van der Waals surface area contributed by atoms with Crippen LogP contribution in [0.2, 0.25) is 0 Å². The number of ketones is 1. The number of carboxylic acid groups (broad SMARTS) is 5. The number of benzene rings is 5. The zero-order valence-corrected chi connectivity index (χ0v) is 36.6. The minimum atomic E-state index is -1.17. The maximum atomic E-state index is 11.3. The van der Waals surface area contributed by atoms with Crippen LogP contribution in [-0.4, -0.2) is 83.7 Å². The first kappa shape index (κ1) is 52.0. The molecule has 19 heteroatoms. The first-order chi connectivity index (χ1) is 32.3. The molecule has 2 unspecified atom stereocenters. The van der Waals surface area contributed by atoms with Crippen molar-refractivity contribution in [1.82, 2.24) is 0 Å². The summed E-state index contributed by atoms with van der Waals surface area (Å²) in [6.45, 7) is 3.86. The molecule has 1 fully saturated rings. The number of aryl methyl sites for hydroxylation is 2. The van der Waals surface area contributed by atoms with Crippen molar-refractivity contribution in [2.45, 2.75) is 52.1 Å². The van der Waals surface area contributed by atoms with Crippen molar-refractivity contribution in [2.24, 2.45) is 11.8 Å². The van der Waals surface area contributed by atoms with Crippen LogP contribution in [0.1, 0.15) is 86.4 Å². The number of carbonyl (C=O) groups excluding carboxylic acids is 1. The van der Waals surface area contributed by atoms with Gasteiger partial charge in [0.15, 0.2) is 0 Å². The number of carboxylic acids is 5. The molecule has 0 amide bonds. The number of non-ortho nitro benzene ring substituents is 2. The van der Waals surface area contributed by atoms with Crippen LogP contribution in [0.15, 0.2) is 115 Å². The standard InChI is InChI=1S/C16H12O5.C15H11NO4.C11H18O4.C7H5NO4/c17-15(18)11-5-1-3-9-7-8-10-4-2-6-12(16(19)20)14(10)21-13(9)11;17-15(18)14(10-11-4-2-1-3-5-11)12-6-8-13(9-7-12)16(19)20;1-7(2)9-4-3-8(12)5-10(9)15-6-11(13)14;9-7(10)5-2-1-3-6(4-5)8(11)12/h1-6H,7-8H2,(H,17,18)(H,19,20);1-10H,(H,17,18);7,9-10H,3-6H2,1-2H3,(H,13,14);1-4H,(H,9,10). The number of nitro benzene ring substituents is 2. The van der Waals surface area contributed by atoms with Crippen molar-refractivity contribution in [3.8, 4) is 11.5 Å². The summed E-state index contributed by atoms with van der Waals surface area (Å²) in [6.07, 6.45) is 4.33. The van der Waals surface area contributed by atoms with E-state index in [-0.39, 0.29) is 63.6 Å². The summed E-state index contributed by atoms with van der Waals surface area (Å²) >= 11 is 0. The Kier molecular flexibility index (Phi) is 18.9. The third kappa shape index (κ3) is 15.0. The largest absolute Gasteiger partial charge is 0.480 e. The van der Waals surface area contributed by atoms with Crippen molar-refractivity contribution in [3.63, 3.8) is 0 Å². The molecule has 5 aromatic rings. The fraction of sp³-hybridized carbons (Fsp3) is 0.224. The van der Waals surface area contributed by atoms with Crippen LogP contribution < -0.4 is 4.74 Å². The third-order valence-electron chi connectivity index (χ3n) is 10.5. The normalized spacial score (nSPS) is 14.8. The first-order valence-electron chi connectivity index (χ1n) is 20.7. The number of para-hydroxylation sites is 2. The van der Waals surface area contributed by atoms with Gasteiger partial charge in [0.1, 0.15) is 35.0 Å². The molecule has 5 aromatic carbocycles. The first-order valence-corrected chi connectivity index (χ1v) is 20.7. The van der Waals surface area contributed by atoms with E-state index >= 15 is 0 Å². The molecule has 2 atom stereocenters. The number of aliphatic carboxylic acids is 2. The lowest BCUT2D eigenvalue weighted by molar-refractivity contribution is -0.385. The lowest BCUT2D eigenvalue weighted by Crippen LogP contribution is -2.36. The van der Waals surface area contributed by atoms with Gasteiger partial charge in [-0.25, -0.2) is 24.0 Å². The number of fused-ring (bicyclic) bond motifs is 2. The Morgan fingerprint density at radius 2 is 1.22 bits per heavy atom. The van der Waals surface area contributed by atoms with Crippen LogP contribution >= 0.6 is 0 Å². The molecule has 0 bridgehead atoms. The van der Waals surface area contributed by atoms with Gasteiger partial charge in [0.05, 0.1) is 27.1 Å². The molecular formula is C49H46N2O17. The Morgan fingerprint density at radius 3 is 1.69 bits per heavy atom. The van der Waals surface area contributed by atoms with Crippen molar-refractivity contribution in [3.05, 3.63) is 174 Å². The number of hydrogen-bond donors (Lipinski definition) is 5. The lowest BCUT2D eigenvalue weighted by atomic mass is 9.79. The van der Waals surface area contributed by atoms with E-state index < -0.39 is 39.7 Å². The third-order valence-corrected chi connectivity index (χ3v) is 10.5. The van der Waals surface area contributed by atoms with E-state index in [9.17, 15) is 64.3 Å². The van der Waals surface area contributed by atoms with Gasteiger partial charge in [-0.15, -0.1) is 0 Å². The van der Waals surface area contributed by atoms with Gasteiger partial charge in [-0.2, -0.15) is 0 Å². The number of aromatic carboxylic acids is 3. The Morgan fingerprint density at radius 1 is 0.676 bits per heavy atom. The molecule has 0 saturated heterocycles. The zero-order valence-electron chi connectivity index (χ0n) is 36.6. The van der Waals surface area contributed by atoms with Crippen molar-refractivity contribution < 1.29 is 73.6 Å². The summed E-state index contributed by atoms with van der Waals surface area (Å²) in [5.41, 5.74) is 2.52. The molecule has 1 heterocycles. The molecule has 0 aromatic heterocycles. The van der Waals surface area contributed by atoms with Gasteiger partial charge in [-0.05, 0) is 89.8 Å². The number of ether oxygens (including phenoxy) is 2. The fourth-order valence-electron chi connectivity index (χ4n) is 7.13. The predicted octanol–water partition coefficient (Wildman–Crippen LogP) is 8.97. The fourth-order valence-corrected chi connectivity index (χ4v) is 7.13. The van der Waals surface area contributed by atoms with Gasteiger partial charge in [0.25, 0.3) is 11.4 Å². The molecular weight excluding hydrogens is 889 g/mol. The van der Waals surface area contributed by atoms with Gasteiger partial charge < -0.3 is 35.0 Å². The Bertz CT molecular complexity index is 2600. The average Bonchev–Trinajstić information content (AvgIpc) is 3.50. The Hall–Kier alpha value is -8.58. The number of rotatable bonds is 12.